The van der Waals surface area contributed by atoms with Crippen LogP contribution in [0.5, 0.6) is 5.75 Å². The van der Waals surface area contributed by atoms with Crippen LogP contribution in [-0.2, 0) is 10.0 Å². The molecular formula is C18H22N2O4S2. The molecule has 1 aliphatic heterocycles. The molecule has 1 aromatic carbocycles. The molecule has 6 nitrogen and oxygen atoms in total. The van der Waals surface area contributed by atoms with Crippen molar-refractivity contribution >= 4 is 27.3 Å². The number of sulfonamides is 1. The molecule has 0 spiro atoms. The summed E-state index contributed by atoms with van der Waals surface area (Å²) in [5.74, 6) is 0.743. The van der Waals surface area contributed by atoms with Crippen molar-refractivity contribution in [1.29, 1.82) is 0 Å². The van der Waals surface area contributed by atoms with E-state index in [0.717, 1.165) is 19.4 Å². The second kappa shape index (κ2) is 8.20. The summed E-state index contributed by atoms with van der Waals surface area (Å²) in [5, 5.41) is 3.73. The molecule has 1 amide bonds. The summed E-state index contributed by atoms with van der Waals surface area (Å²) in [4.78, 5) is 14.5. The summed E-state index contributed by atoms with van der Waals surface area (Å²) in [5.41, 5.74) is 0.703. The topological polar surface area (TPSA) is 75.7 Å². The number of nitrogens with one attached hydrogen (secondary N) is 1. The maximum atomic E-state index is 12.5. The fourth-order valence-electron chi connectivity index (χ4n) is 3.05. The molecule has 140 valence electrons. The molecule has 1 N–H and O–H groups in total. The summed E-state index contributed by atoms with van der Waals surface area (Å²) >= 11 is 1.50. The van der Waals surface area contributed by atoms with Gasteiger partial charge >= 0.3 is 0 Å². The van der Waals surface area contributed by atoms with Crippen LogP contribution in [0.4, 0.5) is 0 Å². The quantitative estimate of drug-likeness (QED) is 0.817. The summed E-state index contributed by atoms with van der Waals surface area (Å²) in [6.07, 6.45) is 1.78. The number of benzene rings is 1. The molecule has 0 saturated carbocycles. The first-order valence-corrected chi connectivity index (χ1v) is 10.9. The van der Waals surface area contributed by atoms with Gasteiger partial charge in [0.25, 0.3) is 5.91 Å². The predicted molar refractivity (Wildman–Crippen MR) is 101 cm³/mol. The number of hydrogen-bond donors (Lipinski definition) is 1. The Morgan fingerprint density at radius 1 is 1.31 bits per heavy atom. The van der Waals surface area contributed by atoms with Crippen LogP contribution in [0, 0.1) is 5.92 Å². The lowest BCUT2D eigenvalue weighted by Crippen LogP contribution is -2.43. The van der Waals surface area contributed by atoms with E-state index >= 15 is 0 Å². The van der Waals surface area contributed by atoms with Gasteiger partial charge in [-0.15, -0.1) is 0 Å². The van der Waals surface area contributed by atoms with Crippen LogP contribution in [0.2, 0.25) is 0 Å². The number of amides is 1. The Bertz CT molecular complexity index is 833. The lowest BCUT2D eigenvalue weighted by Gasteiger charge is -2.32. The molecule has 0 aliphatic carbocycles. The largest absolute Gasteiger partial charge is 0.497 e. The second-order valence-corrected chi connectivity index (χ2v) is 8.85. The number of ether oxygens (including phenoxy) is 1. The number of carbonyl (C=O) groups excluding carboxylic acids is 1. The molecule has 1 saturated heterocycles. The van der Waals surface area contributed by atoms with E-state index < -0.39 is 10.0 Å². The zero-order valence-electron chi connectivity index (χ0n) is 14.6. The molecule has 0 bridgehead atoms. The van der Waals surface area contributed by atoms with Crippen molar-refractivity contribution in [2.75, 3.05) is 26.7 Å². The average molecular weight is 395 g/mol. The van der Waals surface area contributed by atoms with Gasteiger partial charge in [-0.3, -0.25) is 4.79 Å². The van der Waals surface area contributed by atoms with E-state index in [1.54, 1.807) is 12.1 Å². The molecule has 2 heterocycles. The van der Waals surface area contributed by atoms with Gasteiger partial charge in [0.15, 0.2) is 0 Å². The van der Waals surface area contributed by atoms with Crippen molar-refractivity contribution in [1.82, 2.24) is 9.62 Å². The van der Waals surface area contributed by atoms with Gasteiger partial charge in [0.1, 0.15) is 5.75 Å². The number of carbonyl (C=O) groups is 1. The molecule has 0 unspecified atom stereocenters. The maximum Gasteiger partial charge on any atom is 0.254 e. The van der Waals surface area contributed by atoms with Crippen LogP contribution in [0.1, 0.15) is 23.2 Å². The molecule has 3 rings (SSSR count). The second-order valence-electron chi connectivity index (χ2n) is 6.30. The molecule has 8 heteroatoms. The Morgan fingerprint density at radius 3 is 2.73 bits per heavy atom. The summed E-state index contributed by atoms with van der Waals surface area (Å²) in [7, 11) is -2.04. The Hall–Kier alpha value is -1.90. The van der Waals surface area contributed by atoms with Crippen molar-refractivity contribution in [2.24, 2.45) is 5.92 Å². The summed E-state index contributed by atoms with van der Waals surface area (Å²) in [6, 6.07) is 8.11. The van der Waals surface area contributed by atoms with E-state index in [-0.39, 0.29) is 16.7 Å². The third kappa shape index (κ3) is 4.44. The van der Waals surface area contributed by atoms with Crippen LogP contribution >= 0.6 is 11.3 Å². The van der Waals surface area contributed by atoms with Gasteiger partial charge in [0.2, 0.25) is 10.0 Å². The molecule has 26 heavy (non-hydrogen) atoms. The number of nitrogens with zero attached hydrogens (tertiary/aromatic N) is 1. The molecule has 1 aromatic heterocycles. The van der Waals surface area contributed by atoms with Gasteiger partial charge in [-0.25, -0.2) is 13.1 Å². The number of thiophene rings is 1. The minimum Gasteiger partial charge on any atom is -0.497 e. The highest BCUT2D eigenvalue weighted by Crippen LogP contribution is 2.20. The molecule has 1 fully saturated rings. The van der Waals surface area contributed by atoms with E-state index in [1.807, 2.05) is 21.7 Å². The molecule has 1 aliphatic rings. The van der Waals surface area contributed by atoms with E-state index in [2.05, 4.69) is 4.72 Å². The Morgan fingerprint density at radius 2 is 2.08 bits per heavy atom. The van der Waals surface area contributed by atoms with Gasteiger partial charge in [-0.05, 0) is 54.5 Å². The first-order valence-electron chi connectivity index (χ1n) is 8.45. The average Bonchev–Trinajstić information content (AvgIpc) is 3.21. The lowest BCUT2D eigenvalue weighted by atomic mass is 9.98. The summed E-state index contributed by atoms with van der Waals surface area (Å²) in [6.45, 7) is 1.61. The highest BCUT2D eigenvalue weighted by molar-refractivity contribution is 7.89. The highest BCUT2D eigenvalue weighted by atomic mass is 32.2. The maximum absolute atomic E-state index is 12.5. The van der Waals surface area contributed by atoms with Crippen LogP contribution in [0.15, 0.2) is 46.0 Å². The van der Waals surface area contributed by atoms with Gasteiger partial charge in [-0.1, -0.05) is 0 Å². The normalized spacial score (nSPS) is 17.9. The van der Waals surface area contributed by atoms with E-state index in [0.29, 0.717) is 24.4 Å². The highest BCUT2D eigenvalue weighted by Gasteiger charge is 2.26. The number of hydrogen-bond acceptors (Lipinski definition) is 5. The fraction of sp³-hybridized carbons (Fsp3) is 0.389. The SMILES string of the molecule is COc1ccc(S(=O)(=O)NC[C@H]2CCCN(C(=O)c3ccsc3)C2)cc1. The Labute approximate surface area is 157 Å². The smallest absolute Gasteiger partial charge is 0.254 e. The first-order chi connectivity index (χ1) is 12.5. The third-order valence-electron chi connectivity index (χ3n) is 4.51. The zero-order chi connectivity index (χ0) is 18.6. The van der Waals surface area contributed by atoms with Gasteiger partial charge in [0, 0.05) is 25.0 Å². The van der Waals surface area contributed by atoms with Crippen molar-refractivity contribution in [3.63, 3.8) is 0 Å². The van der Waals surface area contributed by atoms with E-state index in [1.165, 1.54) is 30.6 Å². The lowest BCUT2D eigenvalue weighted by molar-refractivity contribution is 0.0677. The van der Waals surface area contributed by atoms with Gasteiger partial charge in [0.05, 0.1) is 17.6 Å². The van der Waals surface area contributed by atoms with Crippen LogP contribution in [-0.4, -0.2) is 46.0 Å². The van der Waals surface area contributed by atoms with Crippen molar-refractivity contribution in [3.05, 3.63) is 46.7 Å². The Balaban J connectivity index is 1.59. The molecular weight excluding hydrogens is 372 g/mol. The number of piperidine rings is 1. The van der Waals surface area contributed by atoms with Crippen molar-refractivity contribution < 1.29 is 17.9 Å². The predicted octanol–water partition coefficient (Wildman–Crippen LogP) is 2.59. The minimum atomic E-state index is -3.57. The number of rotatable bonds is 6. The van der Waals surface area contributed by atoms with E-state index in [4.69, 9.17) is 4.74 Å². The van der Waals surface area contributed by atoms with Gasteiger partial charge in [-0.2, -0.15) is 11.3 Å². The van der Waals surface area contributed by atoms with Crippen molar-refractivity contribution in [2.45, 2.75) is 17.7 Å². The van der Waals surface area contributed by atoms with E-state index in [9.17, 15) is 13.2 Å². The zero-order valence-corrected chi connectivity index (χ0v) is 16.2. The first kappa shape index (κ1) is 18.9. The monoisotopic (exact) mass is 394 g/mol. The minimum absolute atomic E-state index is 0.0222. The number of likely N-dealkylation sites (tertiary alicyclic amines) is 1. The van der Waals surface area contributed by atoms with Crippen LogP contribution in [0.3, 0.4) is 0 Å². The van der Waals surface area contributed by atoms with Crippen LogP contribution < -0.4 is 9.46 Å². The third-order valence-corrected chi connectivity index (χ3v) is 6.63. The van der Waals surface area contributed by atoms with Crippen molar-refractivity contribution in [3.8, 4) is 5.75 Å². The molecule has 0 radical (unpaired) electrons. The van der Waals surface area contributed by atoms with Gasteiger partial charge < -0.3 is 9.64 Å². The fourth-order valence-corrected chi connectivity index (χ4v) is 4.80. The summed E-state index contributed by atoms with van der Waals surface area (Å²) < 4.78 is 32.6. The molecule has 1 atom stereocenters. The number of methoxy groups -OCH3 is 1. The standard InChI is InChI=1S/C18H22N2O4S2/c1-24-16-4-6-17(7-5-16)26(22,23)19-11-14-3-2-9-20(12-14)18(21)15-8-10-25-13-15/h4-8,10,13-14,19H,2-3,9,11-12H2,1H3/t14-/m1/s1. The van der Waals surface area contributed by atoms with Crippen LogP contribution in [0.25, 0.3) is 0 Å². The molecule has 2 aromatic rings. The Kier molecular flexibility index (Phi) is 5.95.